The molecule has 3 aromatic heterocycles. The van der Waals surface area contributed by atoms with E-state index in [0.29, 0.717) is 29.9 Å². The van der Waals surface area contributed by atoms with Gasteiger partial charge in [-0.25, -0.2) is 0 Å². The van der Waals surface area contributed by atoms with Gasteiger partial charge in [-0.05, 0) is 43.3 Å². The lowest BCUT2D eigenvalue weighted by atomic mass is 10.1. The highest BCUT2D eigenvalue weighted by Gasteiger charge is 2.15. The summed E-state index contributed by atoms with van der Waals surface area (Å²) in [6.45, 7) is 5.04. The number of piperazine rings is 1. The Kier molecular flexibility index (Phi) is 5.13. The molecule has 1 aliphatic rings. The summed E-state index contributed by atoms with van der Waals surface area (Å²) in [6.07, 6.45) is 2.42. The Morgan fingerprint density at radius 1 is 1.03 bits per heavy atom. The van der Waals surface area contributed by atoms with Crippen LogP contribution in [0.1, 0.15) is 5.56 Å². The molecule has 0 unspecified atom stereocenters. The Morgan fingerprint density at radius 3 is 2.58 bits per heavy atom. The molecule has 31 heavy (non-hydrogen) atoms. The third kappa shape index (κ3) is 4.15. The highest BCUT2D eigenvalue weighted by Crippen LogP contribution is 2.19. The molecule has 4 heterocycles. The molecule has 1 saturated heterocycles. The van der Waals surface area contributed by atoms with E-state index < -0.39 is 0 Å². The molecule has 10 heteroatoms. The van der Waals surface area contributed by atoms with E-state index in [1.54, 1.807) is 18.4 Å². The lowest BCUT2D eigenvalue weighted by Gasteiger charge is -2.34. The maximum atomic E-state index is 6.03. The molecule has 0 bridgehead atoms. The van der Waals surface area contributed by atoms with Crippen LogP contribution in [0.3, 0.4) is 0 Å². The van der Waals surface area contributed by atoms with Crippen molar-refractivity contribution in [2.75, 3.05) is 55.7 Å². The molecule has 160 valence electrons. The van der Waals surface area contributed by atoms with Crippen molar-refractivity contribution in [3.8, 4) is 11.6 Å². The van der Waals surface area contributed by atoms with E-state index in [4.69, 9.17) is 10.2 Å². The van der Waals surface area contributed by atoms with Gasteiger partial charge < -0.3 is 25.3 Å². The first-order valence-corrected chi connectivity index (χ1v) is 10.4. The first-order valence-electron chi connectivity index (χ1n) is 10.4. The number of rotatable bonds is 6. The lowest BCUT2D eigenvalue weighted by molar-refractivity contribution is 0.313. The number of hydrogen-bond acceptors (Lipinski definition) is 9. The van der Waals surface area contributed by atoms with Crippen molar-refractivity contribution in [2.24, 2.45) is 0 Å². The second kappa shape index (κ2) is 8.23. The summed E-state index contributed by atoms with van der Waals surface area (Å²) in [6, 6.07) is 12.3. The van der Waals surface area contributed by atoms with Gasteiger partial charge in [-0.1, -0.05) is 12.1 Å². The van der Waals surface area contributed by atoms with Crippen molar-refractivity contribution in [1.82, 2.24) is 29.5 Å². The van der Waals surface area contributed by atoms with Gasteiger partial charge in [-0.15, -0.1) is 5.10 Å². The summed E-state index contributed by atoms with van der Waals surface area (Å²) in [5.41, 5.74) is 8.57. The lowest BCUT2D eigenvalue weighted by Crippen LogP contribution is -2.44. The first kappa shape index (κ1) is 19.3. The number of nitrogens with one attached hydrogen (secondary N) is 1. The van der Waals surface area contributed by atoms with E-state index in [1.165, 1.54) is 15.8 Å². The molecule has 0 amide bonds. The van der Waals surface area contributed by atoms with Crippen molar-refractivity contribution in [3.05, 3.63) is 48.2 Å². The fourth-order valence-corrected chi connectivity index (χ4v) is 3.65. The topological polar surface area (TPSA) is 114 Å². The summed E-state index contributed by atoms with van der Waals surface area (Å²) in [4.78, 5) is 17.9. The Balaban J connectivity index is 1.21. The second-order valence-electron chi connectivity index (χ2n) is 7.66. The van der Waals surface area contributed by atoms with Gasteiger partial charge in [0.05, 0.1) is 6.26 Å². The van der Waals surface area contributed by atoms with Crippen molar-refractivity contribution >= 4 is 23.4 Å². The van der Waals surface area contributed by atoms with Crippen molar-refractivity contribution in [3.63, 3.8) is 0 Å². The fraction of sp³-hybridized carbons (Fsp3) is 0.333. The van der Waals surface area contributed by atoms with E-state index in [-0.39, 0.29) is 5.95 Å². The van der Waals surface area contributed by atoms with Crippen LogP contribution in [0.5, 0.6) is 0 Å². The average molecular weight is 419 g/mol. The molecule has 0 saturated carbocycles. The van der Waals surface area contributed by atoms with Crippen LogP contribution < -0.4 is 16.0 Å². The molecule has 10 nitrogen and oxygen atoms in total. The number of furan rings is 1. The summed E-state index contributed by atoms with van der Waals surface area (Å²) in [5, 5.41) is 7.53. The van der Waals surface area contributed by atoms with Gasteiger partial charge in [-0.3, -0.25) is 0 Å². The normalized spacial score (nSPS) is 14.9. The number of fused-ring (bicyclic) bond motifs is 1. The number of nitrogens with zero attached hydrogens (tertiary/aromatic N) is 7. The predicted octanol–water partition coefficient (Wildman–Crippen LogP) is 1.77. The predicted molar refractivity (Wildman–Crippen MR) is 119 cm³/mol. The Hall–Kier alpha value is -3.66. The molecule has 0 spiro atoms. The summed E-state index contributed by atoms with van der Waals surface area (Å²) >= 11 is 0. The van der Waals surface area contributed by atoms with E-state index in [9.17, 15) is 0 Å². The first-order chi connectivity index (χ1) is 15.2. The highest BCUT2D eigenvalue weighted by molar-refractivity contribution is 5.53. The fourth-order valence-electron chi connectivity index (χ4n) is 3.65. The molecule has 0 atom stereocenters. The second-order valence-corrected chi connectivity index (χ2v) is 7.66. The van der Waals surface area contributed by atoms with Gasteiger partial charge >= 0.3 is 0 Å². The number of aromatic nitrogens is 5. The maximum Gasteiger partial charge on any atom is 0.259 e. The highest BCUT2D eigenvalue weighted by atomic mass is 16.3. The number of likely N-dealkylation sites (N-methyl/N-ethyl adjacent to an activating group) is 1. The maximum absolute atomic E-state index is 6.03. The van der Waals surface area contributed by atoms with Crippen LogP contribution >= 0.6 is 0 Å². The third-order valence-corrected chi connectivity index (χ3v) is 5.48. The van der Waals surface area contributed by atoms with Crippen molar-refractivity contribution < 1.29 is 4.42 Å². The van der Waals surface area contributed by atoms with Crippen LogP contribution in [0.15, 0.2) is 47.1 Å². The number of nitrogens with two attached hydrogens (primary N) is 1. The van der Waals surface area contributed by atoms with Gasteiger partial charge in [0.25, 0.3) is 5.78 Å². The zero-order valence-corrected chi connectivity index (χ0v) is 17.4. The summed E-state index contributed by atoms with van der Waals surface area (Å²) in [5.74, 6) is 1.99. The molecular weight excluding hydrogens is 394 g/mol. The van der Waals surface area contributed by atoms with Crippen LogP contribution in [0, 0.1) is 0 Å². The summed E-state index contributed by atoms with van der Waals surface area (Å²) < 4.78 is 6.74. The van der Waals surface area contributed by atoms with E-state index >= 15 is 0 Å². The molecule has 1 fully saturated rings. The minimum atomic E-state index is 0.217. The molecule has 1 aromatic carbocycles. The van der Waals surface area contributed by atoms with Crippen LogP contribution in [-0.4, -0.2) is 69.2 Å². The van der Waals surface area contributed by atoms with Crippen LogP contribution in [0.2, 0.25) is 0 Å². The van der Waals surface area contributed by atoms with Gasteiger partial charge in [-0.2, -0.15) is 19.5 Å². The van der Waals surface area contributed by atoms with E-state index in [2.05, 4.69) is 66.5 Å². The van der Waals surface area contributed by atoms with Crippen LogP contribution in [0.25, 0.3) is 17.4 Å². The SMILES string of the molecule is CN1CCN(c2ccc(CCNc3nc(N)n4nc(-c5ccco5)nc4n3)cc2)CC1. The molecule has 4 aromatic rings. The number of benzene rings is 1. The summed E-state index contributed by atoms with van der Waals surface area (Å²) in [7, 11) is 2.17. The van der Waals surface area contributed by atoms with Crippen LogP contribution in [-0.2, 0) is 6.42 Å². The minimum absolute atomic E-state index is 0.217. The molecule has 0 radical (unpaired) electrons. The van der Waals surface area contributed by atoms with Gasteiger partial charge in [0.15, 0.2) is 5.76 Å². The average Bonchev–Trinajstić information content (AvgIpc) is 3.45. The van der Waals surface area contributed by atoms with Gasteiger partial charge in [0.1, 0.15) is 0 Å². The molecule has 0 aliphatic carbocycles. The van der Waals surface area contributed by atoms with Crippen molar-refractivity contribution in [2.45, 2.75) is 6.42 Å². The number of nitrogen functional groups attached to an aromatic ring is 1. The number of hydrogen-bond donors (Lipinski definition) is 2. The van der Waals surface area contributed by atoms with E-state index in [1.807, 2.05) is 0 Å². The van der Waals surface area contributed by atoms with Gasteiger partial charge in [0.2, 0.25) is 17.7 Å². The Labute approximate surface area is 179 Å². The Bertz CT molecular complexity index is 1150. The molecule has 1 aliphatic heterocycles. The smallest absolute Gasteiger partial charge is 0.259 e. The quantitative estimate of drug-likeness (QED) is 0.482. The van der Waals surface area contributed by atoms with E-state index in [0.717, 1.165) is 32.6 Å². The Morgan fingerprint density at radius 2 is 1.84 bits per heavy atom. The standard InChI is InChI=1S/C21H25N9O/c1-28-10-12-29(13-11-28)16-6-4-15(5-7-16)8-9-23-20-25-19(22)30-21(26-20)24-18(27-30)17-3-2-14-31-17/h2-7,14H,8-13H2,1H3,(H3,22,23,24,25,26,27). The number of anilines is 3. The third-order valence-electron chi connectivity index (χ3n) is 5.48. The monoisotopic (exact) mass is 419 g/mol. The minimum Gasteiger partial charge on any atom is -0.461 e. The zero-order chi connectivity index (χ0) is 21.2. The molecular formula is C21H25N9O. The van der Waals surface area contributed by atoms with Gasteiger partial charge in [0, 0.05) is 38.4 Å². The van der Waals surface area contributed by atoms with Crippen molar-refractivity contribution in [1.29, 1.82) is 0 Å². The molecule has 3 N–H and O–H groups in total. The largest absolute Gasteiger partial charge is 0.461 e. The van der Waals surface area contributed by atoms with Crippen LogP contribution in [0.4, 0.5) is 17.6 Å². The molecule has 5 rings (SSSR count). The zero-order valence-electron chi connectivity index (χ0n) is 17.4.